The van der Waals surface area contributed by atoms with E-state index in [-0.39, 0.29) is 0 Å². The van der Waals surface area contributed by atoms with Gasteiger partial charge in [-0.05, 0) is 49.7 Å². The SMILES string of the molecule is CN=C(NCCCc1nc(C(C)C)no1)NCC(c1cccs1)N1CCC(C)CC1. The molecule has 1 aliphatic rings. The smallest absolute Gasteiger partial charge is 0.226 e. The maximum Gasteiger partial charge on any atom is 0.226 e. The number of hydrogen-bond donors (Lipinski definition) is 2. The molecule has 2 N–H and O–H groups in total. The second-order valence-electron chi connectivity index (χ2n) is 8.43. The number of aromatic nitrogens is 2. The minimum absolute atomic E-state index is 0.294. The number of rotatable bonds is 9. The van der Waals surface area contributed by atoms with E-state index in [4.69, 9.17) is 4.52 Å². The summed E-state index contributed by atoms with van der Waals surface area (Å²) in [6, 6.07) is 4.79. The minimum atomic E-state index is 0.294. The predicted octanol–water partition coefficient (Wildman–Crippen LogP) is 3.83. The molecule has 30 heavy (non-hydrogen) atoms. The fraction of sp³-hybridized carbons (Fsp3) is 0.682. The number of aryl methyl sites for hydroxylation is 1. The number of piperidine rings is 1. The van der Waals surface area contributed by atoms with Crippen LogP contribution in [0.3, 0.4) is 0 Å². The van der Waals surface area contributed by atoms with Gasteiger partial charge < -0.3 is 15.2 Å². The molecular weight excluding hydrogens is 396 g/mol. The molecule has 7 nitrogen and oxygen atoms in total. The molecule has 1 fully saturated rings. The summed E-state index contributed by atoms with van der Waals surface area (Å²) in [5, 5.41) is 13.1. The largest absolute Gasteiger partial charge is 0.356 e. The van der Waals surface area contributed by atoms with E-state index < -0.39 is 0 Å². The van der Waals surface area contributed by atoms with Crippen LogP contribution in [0.25, 0.3) is 0 Å². The summed E-state index contributed by atoms with van der Waals surface area (Å²) in [5.41, 5.74) is 0. The van der Waals surface area contributed by atoms with Gasteiger partial charge in [-0.15, -0.1) is 11.3 Å². The molecule has 1 aliphatic heterocycles. The first-order chi connectivity index (χ1) is 14.6. The van der Waals surface area contributed by atoms with Crippen molar-refractivity contribution in [2.75, 3.05) is 33.2 Å². The molecule has 0 aliphatic carbocycles. The fourth-order valence-corrected chi connectivity index (χ4v) is 4.56. The first-order valence-corrected chi connectivity index (χ1v) is 12.0. The lowest BCUT2D eigenvalue weighted by Crippen LogP contribution is -2.45. The normalized spacial score (nSPS) is 17.4. The van der Waals surface area contributed by atoms with Gasteiger partial charge in [0.15, 0.2) is 11.8 Å². The van der Waals surface area contributed by atoms with E-state index >= 15 is 0 Å². The van der Waals surface area contributed by atoms with Crippen molar-refractivity contribution in [3.05, 3.63) is 34.1 Å². The van der Waals surface area contributed by atoms with Gasteiger partial charge in [0.2, 0.25) is 5.89 Å². The van der Waals surface area contributed by atoms with Crippen molar-refractivity contribution in [3.63, 3.8) is 0 Å². The lowest BCUT2D eigenvalue weighted by molar-refractivity contribution is 0.140. The first-order valence-electron chi connectivity index (χ1n) is 11.1. The Morgan fingerprint density at radius 2 is 2.13 bits per heavy atom. The molecule has 0 bridgehead atoms. The highest BCUT2D eigenvalue weighted by Crippen LogP contribution is 2.29. The van der Waals surface area contributed by atoms with Crippen LogP contribution in [0.1, 0.15) is 68.6 Å². The van der Waals surface area contributed by atoms with Crippen molar-refractivity contribution >= 4 is 17.3 Å². The van der Waals surface area contributed by atoms with Gasteiger partial charge in [0.05, 0.1) is 6.04 Å². The molecule has 1 unspecified atom stereocenters. The van der Waals surface area contributed by atoms with E-state index in [1.54, 1.807) is 0 Å². The molecule has 1 atom stereocenters. The monoisotopic (exact) mass is 432 g/mol. The second-order valence-corrected chi connectivity index (χ2v) is 9.41. The van der Waals surface area contributed by atoms with Gasteiger partial charge in [-0.3, -0.25) is 9.89 Å². The number of nitrogens with zero attached hydrogens (tertiary/aromatic N) is 4. The topological polar surface area (TPSA) is 78.6 Å². The van der Waals surface area contributed by atoms with Crippen LogP contribution in [0.4, 0.5) is 0 Å². The highest BCUT2D eigenvalue weighted by Gasteiger charge is 2.25. The molecule has 0 radical (unpaired) electrons. The summed E-state index contributed by atoms with van der Waals surface area (Å²) in [6.45, 7) is 10.5. The van der Waals surface area contributed by atoms with Crippen LogP contribution in [0.5, 0.6) is 0 Å². The number of thiophene rings is 1. The van der Waals surface area contributed by atoms with Gasteiger partial charge in [-0.2, -0.15) is 4.98 Å². The van der Waals surface area contributed by atoms with Crippen molar-refractivity contribution < 1.29 is 4.52 Å². The van der Waals surface area contributed by atoms with Crippen molar-refractivity contribution in [2.45, 2.75) is 58.4 Å². The third-order valence-electron chi connectivity index (χ3n) is 5.68. The van der Waals surface area contributed by atoms with E-state index in [1.807, 2.05) is 18.4 Å². The quantitative estimate of drug-likeness (QED) is 0.356. The number of nitrogens with one attached hydrogen (secondary N) is 2. The van der Waals surface area contributed by atoms with Crippen LogP contribution in [0.15, 0.2) is 27.0 Å². The Hall–Kier alpha value is -1.93. The van der Waals surface area contributed by atoms with Crippen molar-refractivity contribution in [1.82, 2.24) is 25.7 Å². The fourth-order valence-electron chi connectivity index (χ4n) is 3.70. The number of hydrogen-bond acceptors (Lipinski definition) is 6. The number of aliphatic imine (C=N–C) groups is 1. The van der Waals surface area contributed by atoms with E-state index in [2.05, 4.69) is 69.0 Å². The third kappa shape index (κ3) is 6.54. The van der Waals surface area contributed by atoms with Gasteiger partial charge in [-0.1, -0.05) is 32.0 Å². The number of guanidine groups is 1. The van der Waals surface area contributed by atoms with E-state index in [0.29, 0.717) is 17.9 Å². The maximum atomic E-state index is 5.32. The van der Waals surface area contributed by atoms with Crippen molar-refractivity contribution in [3.8, 4) is 0 Å². The molecule has 3 rings (SSSR count). The zero-order valence-electron chi connectivity index (χ0n) is 18.7. The van der Waals surface area contributed by atoms with Crippen LogP contribution < -0.4 is 10.6 Å². The van der Waals surface area contributed by atoms with Crippen LogP contribution in [-0.2, 0) is 6.42 Å². The lowest BCUT2D eigenvalue weighted by atomic mass is 9.97. The molecule has 0 saturated carbocycles. The molecule has 0 aromatic carbocycles. The summed E-state index contributed by atoms with van der Waals surface area (Å²) in [4.78, 5) is 12.9. The zero-order valence-corrected chi connectivity index (χ0v) is 19.5. The van der Waals surface area contributed by atoms with Crippen LogP contribution in [0, 0.1) is 5.92 Å². The van der Waals surface area contributed by atoms with Crippen LogP contribution in [-0.4, -0.2) is 54.2 Å². The van der Waals surface area contributed by atoms with E-state index in [9.17, 15) is 0 Å². The molecule has 8 heteroatoms. The van der Waals surface area contributed by atoms with Gasteiger partial charge >= 0.3 is 0 Å². The van der Waals surface area contributed by atoms with E-state index in [1.165, 1.54) is 30.8 Å². The molecule has 3 heterocycles. The summed E-state index contributed by atoms with van der Waals surface area (Å²) >= 11 is 1.84. The average Bonchev–Trinajstić information content (AvgIpc) is 3.43. The molecule has 2 aromatic rings. The Morgan fingerprint density at radius 1 is 1.33 bits per heavy atom. The molecule has 2 aromatic heterocycles. The van der Waals surface area contributed by atoms with Crippen LogP contribution in [0.2, 0.25) is 0 Å². The molecular formula is C22H36N6OS. The Labute approximate surface area is 184 Å². The van der Waals surface area contributed by atoms with Crippen molar-refractivity contribution in [2.24, 2.45) is 10.9 Å². The second kappa shape index (κ2) is 11.5. The minimum Gasteiger partial charge on any atom is -0.356 e. The van der Waals surface area contributed by atoms with Crippen molar-refractivity contribution in [1.29, 1.82) is 0 Å². The molecule has 166 valence electrons. The standard InChI is InChI=1S/C22H36N6OS/c1-16(2)21-26-20(29-27-21)8-5-11-24-22(23-4)25-15-18(19-7-6-14-30-19)28-12-9-17(3)10-13-28/h6-7,14,16-18H,5,8-13,15H2,1-4H3,(H2,23,24,25). The van der Waals surface area contributed by atoms with Gasteiger partial charge in [0.25, 0.3) is 0 Å². The Kier molecular flexibility index (Phi) is 8.69. The molecule has 0 amide bonds. The first kappa shape index (κ1) is 22.7. The highest BCUT2D eigenvalue weighted by atomic mass is 32.1. The Balaban J connectivity index is 1.45. The van der Waals surface area contributed by atoms with Gasteiger partial charge in [-0.25, -0.2) is 0 Å². The third-order valence-corrected chi connectivity index (χ3v) is 6.65. The van der Waals surface area contributed by atoms with E-state index in [0.717, 1.165) is 43.6 Å². The van der Waals surface area contributed by atoms with Gasteiger partial charge in [0, 0.05) is 37.4 Å². The molecule has 1 saturated heterocycles. The average molecular weight is 433 g/mol. The van der Waals surface area contributed by atoms with Crippen LogP contribution >= 0.6 is 11.3 Å². The summed E-state index contributed by atoms with van der Waals surface area (Å²) < 4.78 is 5.32. The highest BCUT2D eigenvalue weighted by molar-refractivity contribution is 7.10. The summed E-state index contributed by atoms with van der Waals surface area (Å²) in [5.74, 6) is 3.46. The lowest BCUT2D eigenvalue weighted by Gasteiger charge is -2.36. The maximum absolute atomic E-state index is 5.32. The Bertz CT molecular complexity index is 764. The molecule has 0 spiro atoms. The summed E-state index contributed by atoms with van der Waals surface area (Å²) in [6.07, 6.45) is 4.25. The summed E-state index contributed by atoms with van der Waals surface area (Å²) in [7, 11) is 1.82. The predicted molar refractivity (Wildman–Crippen MR) is 123 cm³/mol. The number of likely N-dealkylation sites (tertiary alicyclic amines) is 1. The zero-order chi connectivity index (χ0) is 21.3. The Morgan fingerprint density at radius 3 is 2.77 bits per heavy atom. The van der Waals surface area contributed by atoms with Gasteiger partial charge in [0.1, 0.15) is 0 Å².